The predicted molar refractivity (Wildman–Crippen MR) is 86.7 cm³/mol. The van der Waals surface area contributed by atoms with E-state index in [1.54, 1.807) is 13.2 Å². The molecule has 2 atom stereocenters. The van der Waals surface area contributed by atoms with Crippen molar-refractivity contribution in [3.63, 3.8) is 0 Å². The molecule has 114 valence electrons. The fourth-order valence-corrected chi connectivity index (χ4v) is 3.09. The zero-order valence-electron chi connectivity index (χ0n) is 12.5. The Balaban J connectivity index is 1.58. The lowest BCUT2D eigenvalue weighted by Crippen LogP contribution is -2.03. The largest absolute Gasteiger partial charge is 0.497 e. The van der Waals surface area contributed by atoms with Crippen molar-refractivity contribution in [2.24, 2.45) is 11.1 Å². The molecule has 0 amide bonds. The first kappa shape index (κ1) is 14.8. The van der Waals surface area contributed by atoms with E-state index in [0.717, 1.165) is 17.9 Å². The van der Waals surface area contributed by atoms with Gasteiger partial charge in [-0.2, -0.15) is 0 Å². The van der Waals surface area contributed by atoms with Gasteiger partial charge >= 0.3 is 5.97 Å². The molecule has 3 rings (SSSR count). The van der Waals surface area contributed by atoms with Gasteiger partial charge < -0.3 is 9.57 Å². The van der Waals surface area contributed by atoms with Crippen molar-refractivity contribution in [3.8, 4) is 5.75 Å². The van der Waals surface area contributed by atoms with Crippen LogP contribution in [0.1, 0.15) is 34.5 Å². The quantitative estimate of drug-likeness (QED) is 0.474. The van der Waals surface area contributed by atoms with E-state index in [2.05, 4.69) is 17.3 Å². The van der Waals surface area contributed by atoms with E-state index < -0.39 is 5.97 Å². The molecule has 2 aromatic rings. The first-order valence-corrected chi connectivity index (χ1v) is 8.00. The maximum atomic E-state index is 11.7. The number of nitrogens with zero attached hydrogens (tertiary/aromatic N) is 1. The van der Waals surface area contributed by atoms with E-state index in [4.69, 9.17) is 9.57 Å². The van der Waals surface area contributed by atoms with Gasteiger partial charge in [-0.25, -0.2) is 4.79 Å². The summed E-state index contributed by atoms with van der Waals surface area (Å²) < 4.78 is 5.16. The smallest absolute Gasteiger partial charge is 0.375 e. The lowest BCUT2D eigenvalue weighted by molar-refractivity contribution is 0.0520. The fourth-order valence-electron chi connectivity index (χ4n) is 2.50. The van der Waals surface area contributed by atoms with Crippen molar-refractivity contribution in [2.45, 2.75) is 19.3 Å². The lowest BCUT2D eigenvalue weighted by atomic mass is 10.1. The van der Waals surface area contributed by atoms with Gasteiger partial charge in [0.05, 0.1) is 12.8 Å². The number of rotatable bonds is 5. The Kier molecular flexibility index (Phi) is 4.24. The van der Waals surface area contributed by atoms with E-state index in [1.165, 1.54) is 16.9 Å². The number of hydrogen-bond acceptors (Lipinski definition) is 5. The summed E-state index contributed by atoms with van der Waals surface area (Å²) in [5.74, 6) is 1.27. The number of hydrogen-bond donors (Lipinski definition) is 0. The number of benzene rings is 1. The number of thiophene rings is 1. The number of carbonyl (C=O) groups is 1. The maximum absolute atomic E-state index is 11.7. The molecule has 0 saturated heterocycles. The van der Waals surface area contributed by atoms with Crippen LogP contribution in [0.4, 0.5) is 0 Å². The van der Waals surface area contributed by atoms with Gasteiger partial charge in [0, 0.05) is 5.92 Å². The minimum absolute atomic E-state index is 0.351. The van der Waals surface area contributed by atoms with Gasteiger partial charge in [-0.1, -0.05) is 23.4 Å². The normalized spacial score (nSPS) is 20.5. The zero-order chi connectivity index (χ0) is 15.5. The van der Waals surface area contributed by atoms with Crippen molar-refractivity contribution >= 4 is 23.0 Å². The minimum atomic E-state index is -0.393. The third-order valence-electron chi connectivity index (χ3n) is 3.87. The van der Waals surface area contributed by atoms with Gasteiger partial charge in [0.15, 0.2) is 0 Å². The molecule has 0 N–H and O–H groups in total. The summed E-state index contributed by atoms with van der Waals surface area (Å²) in [6.07, 6.45) is 1.04. The molecule has 0 bridgehead atoms. The molecule has 1 aromatic heterocycles. The third-order valence-corrected chi connectivity index (χ3v) is 4.72. The van der Waals surface area contributed by atoms with E-state index in [0.29, 0.717) is 16.7 Å². The van der Waals surface area contributed by atoms with Crippen LogP contribution in [0.25, 0.3) is 0 Å². The summed E-state index contributed by atoms with van der Waals surface area (Å²) >= 11 is 1.35. The van der Waals surface area contributed by atoms with Gasteiger partial charge in [0.2, 0.25) is 0 Å². The van der Waals surface area contributed by atoms with Gasteiger partial charge in [-0.05, 0) is 48.4 Å². The van der Waals surface area contributed by atoms with Crippen LogP contribution < -0.4 is 4.74 Å². The maximum Gasteiger partial charge on any atom is 0.375 e. The molecule has 1 aliphatic carbocycles. The van der Waals surface area contributed by atoms with Crippen molar-refractivity contribution < 1.29 is 14.4 Å². The van der Waals surface area contributed by atoms with Crippen LogP contribution in [0.15, 0.2) is 46.9 Å². The molecular weight excluding hydrogens is 298 g/mol. The molecule has 4 nitrogen and oxygen atoms in total. The fraction of sp³-hybridized carbons (Fsp3) is 0.294. The Hall–Kier alpha value is -2.14. The summed E-state index contributed by atoms with van der Waals surface area (Å²) in [4.78, 5) is 17.3. The molecule has 5 heteroatoms. The van der Waals surface area contributed by atoms with Gasteiger partial charge in [0.25, 0.3) is 0 Å². The van der Waals surface area contributed by atoms with Crippen molar-refractivity contribution in [1.29, 1.82) is 0 Å². The second-order valence-corrected chi connectivity index (χ2v) is 6.26. The number of carbonyl (C=O) groups excluding carboxylic acids is 1. The summed E-state index contributed by atoms with van der Waals surface area (Å²) in [6.45, 7) is 1.91. The van der Waals surface area contributed by atoms with E-state index in [1.807, 2.05) is 30.5 Å². The molecular formula is C17H17NO3S. The molecule has 1 heterocycles. The SMILES string of the molecule is COc1ccc([C@@H]2C[C@H]2/C(C)=N\OC(=O)c2cccs2)cc1. The minimum Gasteiger partial charge on any atom is -0.497 e. The lowest BCUT2D eigenvalue weighted by Gasteiger charge is -2.03. The van der Waals surface area contributed by atoms with Crippen LogP contribution in [-0.4, -0.2) is 18.8 Å². The van der Waals surface area contributed by atoms with Crippen molar-refractivity contribution in [1.82, 2.24) is 0 Å². The van der Waals surface area contributed by atoms with Crippen LogP contribution in [0, 0.1) is 5.92 Å². The monoisotopic (exact) mass is 315 g/mol. The summed E-state index contributed by atoms with van der Waals surface area (Å²) in [5, 5.41) is 5.84. The number of oxime groups is 1. The second-order valence-electron chi connectivity index (χ2n) is 5.31. The number of ether oxygens (including phenoxy) is 1. The molecule has 0 unspecified atom stereocenters. The Morgan fingerprint density at radius 1 is 1.27 bits per heavy atom. The highest BCUT2D eigenvalue weighted by atomic mass is 32.1. The average Bonchev–Trinajstić information content (AvgIpc) is 3.17. The molecule has 1 aliphatic rings. The van der Waals surface area contributed by atoms with Gasteiger partial charge in [0.1, 0.15) is 10.6 Å². The van der Waals surface area contributed by atoms with Gasteiger partial charge in [-0.15, -0.1) is 11.3 Å². The number of methoxy groups -OCH3 is 1. The first-order chi connectivity index (χ1) is 10.7. The Bertz CT molecular complexity index is 676. The van der Waals surface area contributed by atoms with Crippen molar-refractivity contribution in [3.05, 3.63) is 52.2 Å². The van der Waals surface area contributed by atoms with Crippen molar-refractivity contribution in [2.75, 3.05) is 7.11 Å². The highest BCUT2D eigenvalue weighted by Gasteiger charge is 2.40. The first-order valence-electron chi connectivity index (χ1n) is 7.12. The zero-order valence-corrected chi connectivity index (χ0v) is 13.3. The average molecular weight is 315 g/mol. The Morgan fingerprint density at radius 2 is 2.05 bits per heavy atom. The molecule has 0 spiro atoms. The highest BCUT2D eigenvalue weighted by molar-refractivity contribution is 7.11. The molecule has 1 aromatic carbocycles. The summed E-state index contributed by atoms with van der Waals surface area (Å²) in [5.41, 5.74) is 2.13. The van der Waals surface area contributed by atoms with Crippen LogP contribution in [0.5, 0.6) is 5.75 Å². The topological polar surface area (TPSA) is 47.9 Å². The van der Waals surface area contributed by atoms with Crippen LogP contribution in [0.3, 0.4) is 0 Å². The Labute approximate surface area is 133 Å². The van der Waals surface area contributed by atoms with Crippen LogP contribution in [0.2, 0.25) is 0 Å². The summed E-state index contributed by atoms with van der Waals surface area (Å²) in [6, 6.07) is 11.6. The van der Waals surface area contributed by atoms with E-state index in [-0.39, 0.29) is 0 Å². The van der Waals surface area contributed by atoms with Gasteiger partial charge in [-0.3, -0.25) is 0 Å². The molecule has 0 radical (unpaired) electrons. The van der Waals surface area contributed by atoms with E-state index in [9.17, 15) is 4.79 Å². The second kappa shape index (κ2) is 6.32. The highest BCUT2D eigenvalue weighted by Crippen LogP contribution is 2.48. The molecule has 1 saturated carbocycles. The predicted octanol–water partition coefficient (Wildman–Crippen LogP) is 4.09. The van der Waals surface area contributed by atoms with E-state index >= 15 is 0 Å². The van der Waals surface area contributed by atoms with Crippen LogP contribution >= 0.6 is 11.3 Å². The molecule has 0 aliphatic heterocycles. The molecule has 1 fully saturated rings. The van der Waals surface area contributed by atoms with Crippen LogP contribution in [-0.2, 0) is 4.84 Å². The third kappa shape index (κ3) is 3.20. The molecule has 22 heavy (non-hydrogen) atoms. The summed E-state index contributed by atoms with van der Waals surface area (Å²) in [7, 11) is 1.66. The standard InChI is InChI=1S/C17H17NO3S/c1-11(18-21-17(19)16-4-3-9-22-16)14-10-15(14)12-5-7-13(20-2)8-6-12/h3-9,14-15H,10H2,1-2H3/b18-11-/t14-,15-/m0/s1. The Morgan fingerprint density at radius 3 is 2.68 bits per heavy atom.